The third kappa shape index (κ3) is 2.06. The minimum Gasteiger partial charge on any atom is -0.320 e. The van der Waals surface area contributed by atoms with Crippen molar-refractivity contribution in [3.8, 4) is 0 Å². The van der Waals surface area contributed by atoms with Gasteiger partial charge in [-0.1, -0.05) is 12.1 Å². The van der Waals surface area contributed by atoms with Gasteiger partial charge in [0.15, 0.2) is 5.82 Å². The third-order valence-electron chi connectivity index (χ3n) is 2.75. The number of hydrogen-bond donors (Lipinski definition) is 0. The number of aromatic nitrogens is 2. The lowest BCUT2D eigenvalue weighted by atomic mass is 10.2. The predicted molar refractivity (Wildman–Crippen MR) is 60.1 cm³/mol. The highest BCUT2D eigenvalue weighted by molar-refractivity contribution is 5.76. The highest BCUT2D eigenvalue weighted by Crippen LogP contribution is 2.44. The summed E-state index contributed by atoms with van der Waals surface area (Å²) in [6.07, 6.45) is -5.67. The van der Waals surface area contributed by atoms with E-state index in [9.17, 15) is 22.0 Å². The van der Waals surface area contributed by atoms with E-state index in [0.29, 0.717) is 0 Å². The largest absolute Gasteiger partial charge is 0.461 e. The molecule has 2 rings (SSSR count). The summed E-state index contributed by atoms with van der Waals surface area (Å²) in [5, 5.41) is 0. The fourth-order valence-corrected chi connectivity index (χ4v) is 1.92. The van der Waals surface area contributed by atoms with E-state index < -0.39 is 24.0 Å². The van der Waals surface area contributed by atoms with Gasteiger partial charge in [0.25, 0.3) is 0 Å². The Morgan fingerprint density at radius 3 is 2.16 bits per heavy atom. The smallest absolute Gasteiger partial charge is 0.320 e. The minimum absolute atomic E-state index is 0.120. The van der Waals surface area contributed by atoms with Gasteiger partial charge in [-0.25, -0.2) is 4.98 Å². The Labute approximate surface area is 105 Å². The second-order valence-corrected chi connectivity index (χ2v) is 4.46. The van der Waals surface area contributed by atoms with Crippen molar-refractivity contribution in [3.05, 3.63) is 30.1 Å². The van der Waals surface area contributed by atoms with E-state index in [4.69, 9.17) is 0 Å². The third-order valence-corrected chi connectivity index (χ3v) is 2.75. The Balaban J connectivity index is 2.77. The summed E-state index contributed by atoms with van der Waals surface area (Å²) in [6.45, 7) is 3.06. The zero-order valence-corrected chi connectivity index (χ0v) is 10.2. The maximum absolute atomic E-state index is 13.5. The molecule has 0 aliphatic heterocycles. The number of alkyl halides is 5. The van der Waals surface area contributed by atoms with Gasteiger partial charge >= 0.3 is 12.1 Å². The van der Waals surface area contributed by atoms with Crippen molar-refractivity contribution in [1.82, 2.24) is 9.55 Å². The molecule has 1 aromatic carbocycles. The summed E-state index contributed by atoms with van der Waals surface area (Å²) in [4.78, 5) is 3.47. The van der Waals surface area contributed by atoms with Gasteiger partial charge in [-0.3, -0.25) is 0 Å². The van der Waals surface area contributed by atoms with Gasteiger partial charge in [-0.2, -0.15) is 22.0 Å². The van der Waals surface area contributed by atoms with Crippen molar-refractivity contribution in [3.63, 3.8) is 0 Å². The molecule has 2 nitrogen and oxygen atoms in total. The SMILES string of the molecule is CC(C)n1c(C(F)(F)C(F)(F)F)nc2ccccc21. The Morgan fingerprint density at radius 1 is 1.05 bits per heavy atom. The second kappa shape index (κ2) is 4.18. The first-order valence-corrected chi connectivity index (χ1v) is 5.58. The van der Waals surface area contributed by atoms with Crippen LogP contribution in [0.5, 0.6) is 0 Å². The molecule has 0 fully saturated rings. The van der Waals surface area contributed by atoms with Gasteiger partial charge in [0.2, 0.25) is 0 Å². The molecule has 19 heavy (non-hydrogen) atoms. The molecule has 0 radical (unpaired) electrons. The quantitative estimate of drug-likeness (QED) is 0.750. The van der Waals surface area contributed by atoms with Gasteiger partial charge in [0, 0.05) is 6.04 Å². The lowest BCUT2D eigenvalue weighted by Crippen LogP contribution is -2.36. The number of halogens is 5. The fraction of sp³-hybridized carbons (Fsp3) is 0.417. The van der Waals surface area contributed by atoms with E-state index in [-0.39, 0.29) is 11.0 Å². The summed E-state index contributed by atoms with van der Waals surface area (Å²) in [5.74, 6) is -6.24. The average molecular weight is 278 g/mol. The van der Waals surface area contributed by atoms with Crippen molar-refractivity contribution in [2.75, 3.05) is 0 Å². The molecule has 0 atom stereocenters. The van der Waals surface area contributed by atoms with Crippen molar-refractivity contribution in [2.45, 2.75) is 32.0 Å². The van der Waals surface area contributed by atoms with Crippen LogP contribution >= 0.6 is 0 Å². The molecule has 1 heterocycles. The number of rotatable bonds is 2. The summed E-state index contributed by atoms with van der Waals surface area (Å²) in [6, 6.07) is 5.42. The molecule has 0 amide bonds. The molecule has 0 saturated heterocycles. The summed E-state index contributed by atoms with van der Waals surface area (Å²) < 4.78 is 65.4. The number of hydrogen-bond acceptors (Lipinski definition) is 1. The maximum Gasteiger partial charge on any atom is 0.461 e. The highest BCUT2D eigenvalue weighted by Gasteiger charge is 2.62. The van der Waals surface area contributed by atoms with Gasteiger partial charge in [-0.15, -0.1) is 0 Å². The van der Waals surface area contributed by atoms with E-state index in [0.717, 1.165) is 4.57 Å². The Kier molecular flexibility index (Phi) is 3.03. The van der Waals surface area contributed by atoms with Crippen LogP contribution in [0, 0.1) is 0 Å². The van der Waals surface area contributed by atoms with Crippen LogP contribution in [0.1, 0.15) is 25.7 Å². The molecule has 0 aliphatic rings. The average Bonchev–Trinajstić information content (AvgIpc) is 2.66. The van der Waals surface area contributed by atoms with Crippen LogP contribution in [-0.2, 0) is 5.92 Å². The number of benzene rings is 1. The minimum atomic E-state index is -5.67. The normalized spacial score (nSPS) is 13.5. The number of fused-ring (bicyclic) bond motifs is 1. The predicted octanol–water partition coefficient (Wildman–Crippen LogP) is 4.27. The maximum atomic E-state index is 13.5. The molecule has 0 aliphatic carbocycles. The molecular weight excluding hydrogens is 267 g/mol. The topological polar surface area (TPSA) is 17.8 Å². The summed E-state index contributed by atoms with van der Waals surface area (Å²) in [7, 11) is 0. The van der Waals surface area contributed by atoms with E-state index >= 15 is 0 Å². The molecule has 0 saturated carbocycles. The van der Waals surface area contributed by atoms with Gasteiger partial charge in [-0.05, 0) is 26.0 Å². The summed E-state index contributed by atoms with van der Waals surface area (Å²) in [5.41, 5.74) is 0.381. The molecule has 0 spiro atoms. The number of imidazole rings is 1. The molecule has 0 N–H and O–H groups in total. The van der Waals surface area contributed by atoms with Crippen molar-refractivity contribution in [1.29, 1.82) is 0 Å². The first-order valence-electron chi connectivity index (χ1n) is 5.58. The van der Waals surface area contributed by atoms with Crippen LogP contribution < -0.4 is 0 Å². The number of para-hydroxylation sites is 2. The van der Waals surface area contributed by atoms with E-state index in [1.165, 1.54) is 32.0 Å². The molecular formula is C12H11F5N2. The Hall–Kier alpha value is -1.66. The highest BCUT2D eigenvalue weighted by atomic mass is 19.4. The van der Waals surface area contributed by atoms with E-state index in [1.54, 1.807) is 6.07 Å². The molecule has 7 heteroatoms. The molecule has 104 valence electrons. The van der Waals surface area contributed by atoms with Crippen LogP contribution in [0.2, 0.25) is 0 Å². The zero-order valence-electron chi connectivity index (χ0n) is 10.2. The van der Waals surface area contributed by atoms with E-state index in [2.05, 4.69) is 4.98 Å². The molecule has 2 aromatic rings. The van der Waals surface area contributed by atoms with Crippen LogP contribution in [0.3, 0.4) is 0 Å². The number of nitrogens with zero attached hydrogens (tertiary/aromatic N) is 2. The first-order chi connectivity index (χ1) is 8.66. The van der Waals surface area contributed by atoms with Gasteiger partial charge in [0.05, 0.1) is 11.0 Å². The van der Waals surface area contributed by atoms with Crippen LogP contribution in [0.25, 0.3) is 11.0 Å². The second-order valence-electron chi connectivity index (χ2n) is 4.46. The summed E-state index contributed by atoms with van der Waals surface area (Å²) >= 11 is 0. The fourth-order valence-electron chi connectivity index (χ4n) is 1.92. The van der Waals surface area contributed by atoms with Crippen molar-refractivity contribution >= 4 is 11.0 Å². The van der Waals surface area contributed by atoms with Crippen LogP contribution in [0.4, 0.5) is 22.0 Å². The lowest BCUT2D eigenvalue weighted by molar-refractivity contribution is -0.293. The molecule has 1 aromatic heterocycles. The van der Waals surface area contributed by atoms with Crippen LogP contribution in [-0.4, -0.2) is 15.7 Å². The standard InChI is InChI=1S/C12H11F5N2/c1-7(2)19-9-6-4-3-5-8(9)18-10(19)11(13,14)12(15,16)17/h3-7H,1-2H3. The van der Waals surface area contributed by atoms with Crippen LogP contribution in [0.15, 0.2) is 24.3 Å². The first kappa shape index (κ1) is 13.8. The molecule has 0 unspecified atom stereocenters. The van der Waals surface area contributed by atoms with Gasteiger partial charge < -0.3 is 4.57 Å². The monoisotopic (exact) mass is 278 g/mol. The lowest BCUT2D eigenvalue weighted by Gasteiger charge is -2.22. The van der Waals surface area contributed by atoms with Crippen molar-refractivity contribution < 1.29 is 22.0 Å². The van der Waals surface area contributed by atoms with Crippen molar-refractivity contribution in [2.24, 2.45) is 0 Å². The van der Waals surface area contributed by atoms with E-state index in [1.807, 2.05) is 0 Å². The Bertz CT molecular complexity index is 598. The Morgan fingerprint density at radius 2 is 1.63 bits per heavy atom. The molecule has 0 bridgehead atoms. The zero-order chi connectivity index (χ0) is 14.4. The van der Waals surface area contributed by atoms with Gasteiger partial charge in [0.1, 0.15) is 0 Å².